The topological polar surface area (TPSA) is 27.7 Å². The van der Waals surface area contributed by atoms with E-state index in [9.17, 15) is 4.39 Å². The second-order valence-corrected chi connectivity index (χ2v) is 4.78. The molecule has 0 bridgehead atoms. The average molecular weight is 341 g/mol. The molecule has 2 aromatic carbocycles. The Morgan fingerprint density at radius 1 is 1.00 bits per heavy atom. The lowest BCUT2D eigenvalue weighted by atomic mass is 10.3. The molecule has 0 fully saturated rings. The summed E-state index contributed by atoms with van der Waals surface area (Å²) in [5.74, 6) is 1.44. The van der Waals surface area contributed by atoms with Crippen molar-refractivity contribution in [2.45, 2.75) is 0 Å². The van der Waals surface area contributed by atoms with E-state index < -0.39 is 0 Å². The first-order chi connectivity index (χ1) is 9.70. The molecule has 106 valence electrons. The van der Waals surface area contributed by atoms with Gasteiger partial charge in [0.2, 0.25) is 0 Å². The van der Waals surface area contributed by atoms with Gasteiger partial charge in [-0.15, -0.1) is 0 Å². The maximum atomic E-state index is 13.3. The van der Waals surface area contributed by atoms with Crippen LogP contribution in [-0.4, -0.2) is 20.3 Å². The Hall–Kier alpha value is -1.75. The lowest BCUT2D eigenvalue weighted by Gasteiger charge is -2.11. The molecular weight excluding hydrogens is 327 g/mol. The molecule has 0 aliphatic carbocycles. The van der Waals surface area contributed by atoms with Crippen LogP contribution in [0.3, 0.4) is 0 Å². The van der Waals surface area contributed by atoms with Crippen molar-refractivity contribution in [3.8, 4) is 17.2 Å². The number of benzene rings is 2. The van der Waals surface area contributed by atoms with Crippen molar-refractivity contribution in [2.75, 3.05) is 20.3 Å². The van der Waals surface area contributed by atoms with E-state index >= 15 is 0 Å². The molecular formula is C15H14BrFO3. The van der Waals surface area contributed by atoms with Gasteiger partial charge in [0.15, 0.2) is 11.5 Å². The highest BCUT2D eigenvalue weighted by molar-refractivity contribution is 9.10. The van der Waals surface area contributed by atoms with Gasteiger partial charge in [0.05, 0.1) is 11.6 Å². The summed E-state index contributed by atoms with van der Waals surface area (Å²) in [4.78, 5) is 0. The van der Waals surface area contributed by atoms with Crippen LogP contribution in [-0.2, 0) is 0 Å². The maximum absolute atomic E-state index is 13.3. The highest BCUT2D eigenvalue weighted by Gasteiger charge is 2.03. The zero-order chi connectivity index (χ0) is 14.4. The predicted molar refractivity (Wildman–Crippen MR) is 78.1 cm³/mol. The Morgan fingerprint density at radius 2 is 1.70 bits per heavy atom. The van der Waals surface area contributed by atoms with E-state index in [1.54, 1.807) is 19.2 Å². The molecule has 20 heavy (non-hydrogen) atoms. The van der Waals surface area contributed by atoms with E-state index in [1.165, 1.54) is 6.07 Å². The lowest BCUT2D eigenvalue weighted by Crippen LogP contribution is -2.09. The van der Waals surface area contributed by atoms with Crippen LogP contribution in [0.25, 0.3) is 0 Å². The van der Waals surface area contributed by atoms with E-state index in [0.717, 1.165) is 0 Å². The molecule has 2 aromatic rings. The van der Waals surface area contributed by atoms with Crippen LogP contribution >= 0.6 is 15.9 Å². The highest BCUT2D eigenvalue weighted by Crippen LogP contribution is 2.25. The van der Waals surface area contributed by atoms with Crippen LogP contribution < -0.4 is 14.2 Å². The van der Waals surface area contributed by atoms with E-state index in [2.05, 4.69) is 15.9 Å². The molecule has 5 heteroatoms. The molecule has 3 nitrogen and oxygen atoms in total. The third-order valence-electron chi connectivity index (χ3n) is 2.57. The van der Waals surface area contributed by atoms with Gasteiger partial charge in [-0.2, -0.15) is 0 Å². The standard InChI is InChI=1S/C15H14BrFO3/c1-18-14-4-2-3-5-15(14)20-9-8-19-11-6-7-12(16)13(17)10-11/h2-7,10H,8-9H2,1H3. The van der Waals surface area contributed by atoms with Crippen LogP contribution in [0.4, 0.5) is 4.39 Å². The SMILES string of the molecule is COc1ccccc1OCCOc1ccc(Br)c(F)c1. The number of para-hydroxylation sites is 2. The minimum Gasteiger partial charge on any atom is -0.493 e. The van der Waals surface area contributed by atoms with Crippen molar-refractivity contribution < 1.29 is 18.6 Å². The van der Waals surface area contributed by atoms with Crippen molar-refractivity contribution in [1.29, 1.82) is 0 Å². The smallest absolute Gasteiger partial charge is 0.161 e. The quantitative estimate of drug-likeness (QED) is 0.742. The van der Waals surface area contributed by atoms with Crippen LogP contribution in [0.1, 0.15) is 0 Å². The first-order valence-corrected chi connectivity index (χ1v) is 6.83. The second-order valence-electron chi connectivity index (χ2n) is 3.92. The zero-order valence-electron chi connectivity index (χ0n) is 10.9. The van der Waals surface area contributed by atoms with Crippen molar-refractivity contribution in [3.05, 3.63) is 52.8 Å². The van der Waals surface area contributed by atoms with Crippen LogP contribution in [0.5, 0.6) is 17.2 Å². The summed E-state index contributed by atoms with van der Waals surface area (Å²) in [5, 5.41) is 0. The van der Waals surface area contributed by atoms with Crippen molar-refractivity contribution in [3.63, 3.8) is 0 Å². The van der Waals surface area contributed by atoms with Crippen molar-refractivity contribution >= 4 is 15.9 Å². The summed E-state index contributed by atoms with van der Waals surface area (Å²) in [6, 6.07) is 12.0. The molecule has 0 amide bonds. The molecule has 0 aliphatic rings. The third-order valence-corrected chi connectivity index (χ3v) is 3.21. The van der Waals surface area contributed by atoms with Gasteiger partial charge >= 0.3 is 0 Å². The average Bonchev–Trinajstić information content (AvgIpc) is 2.47. The number of hydrogen-bond donors (Lipinski definition) is 0. The van der Waals surface area contributed by atoms with Gasteiger partial charge in [-0.3, -0.25) is 0 Å². The van der Waals surface area contributed by atoms with Gasteiger partial charge in [-0.05, 0) is 40.2 Å². The van der Waals surface area contributed by atoms with E-state index in [-0.39, 0.29) is 5.82 Å². The first-order valence-electron chi connectivity index (χ1n) is 6.04. The third kappa shape index (κ3) is 3.87. The fraction of sp³-hybridized carbons (Fsp3) is 0.200. The van der Waals surface area contributed by atoms with Gasteiger partial charge in [0, 0.05) is 6.07 Å². The van der Waals surface area contributed by atoms with Gasteiger partial charge < -0.3 is 14.2 Å². The Balaban J connectivity index is 1.83. The largest absolute Gasteiger partial charge is 0.493 e. The van der Waals surface area contributed by atoms with Crippen LogP contribution in [0, 0.1) is 5.82 Å². The normalized spacial score (nSPS) is 10.2. The Bertz CT molecular complexity index is 575. The summed E-state index contributed by atoms with van der Waals surface area (Å²) < 4.78 is 29.8. The Morgan fingerprint density at radius 3 is 2.40 bits per heavy atom. The van der Waals surface area contributed by atoms with E-state index in [4.69, 9.17) is 14.2 Å². The molecule has 0 aliphatic heterocycles. The molecule has 0 heterocycles. The molecule has 2 rings (SSSR count). The zero-order valence-corrected chi connectivity index (χ0v) is 12.5. The van der Waals surface area contributed by atoms with Crippen LogP contribution in [0.2, 0.25) is 0 Å². The summed E-state index contributed by atoms with van der Waals surface area (Å²) >= 11 is 3.09. The van der Waals surface area contributed by atoms with Gasteiger partial charge in [0.1, 0.15) is 24.8 Å². The molecule has 0 unspecified atom stereocenters. The summed E-state index contributed by atoms with van der Waals surface area (Å²) in [5.41, 5.74) is 0. The van der Waals surface area contributed by atoms with E-state index in [1.807, 2.05) is 24.3 Å². The fourth-order valence-corrected chi connectivity index (χ4v) is 1.86. The van der Waals surface area contributed by atoms with Gasteiger partial charge in [-0.25, -0.2) is 4.39 Å². The first kappa shape index (κ1) is 14.7. The molecule has 0 aromatic heterocycles. The van der Waals surface area contributed by atoms with Crippen LogP contribution in [0.15, 0.2) is 46.9 Å². The van der Waals surface area contributed by atoms with Gasteiger partial charge in [0.25, 0.3) is 0 Å². The Labute approximate surface area is 125 Å². The highest BCUT2D eigenvalue weighted by atomic mass is 79.9. The number of ether oxygens (including phenoxy) is 3. The molecule has 0 atom stereocenters. The van der Waals surface area contributed by atoms with E-state index in [0.29, 0.717) is 34.9 Å². The minimum absolute atomic E-state index is 0.319. The van der Waals surface area contributed by atoms with Gasteiger partial charge in [-0.1, -0.05) is 12.1 Å². The summed E-state index contributed by atoms with van der Waals surface area (Å²) in [7, 11) is 1.59. The molecule has 0 saturated carbocycles. The van der Waals surface area contributed by atoms with Crippen molar-refractivity contribution in [1.82, 2.24) is 0 Å². The van der Waals surface area contributed by atoms with Crippen molar-refractivity contribution in [2.24, 2.45) is 0 Å². The maximum Gasteiger partial charge on any atom is 0.161 e. The Kier molecular flexibility index (Phi) is 5.24. The molecule has 0 spiro atoms. The second kappa shape index (κ2) is 7.14. The monoisotopic (exact) mass is 340 g/mol. The number of hydrogen-bond acceptors (Lipinski definition) is 3. The number of halogens is 2. The summed E-state index contributed by atoms with van der Waals surface area (Å²) in [6.07, 6.45) is 0. The molecule has 0 N–H and O–H groups in total. The minimum atomic E-state index is -0.354. The number of methoxy groups -OCH3 is 1. The molecule has 0 saturated heterocycles. The fourth-order valence-electron chi connectivity index (χ4n) is 1.62. The summed E-state index contributed by atoms with van der Waals surface area (Å²) in [6.45, 7) is 0.664. The molecule has 0 radical (unpaired) electrons. The lowest BCUT2D eigenvalue weighted by molar-refractivity contribution is 0.211. The predicted octanol–water partition coefficient (Wildman–Crippen LogP) is 4.05. The number of rotatable bonds is 6.